The fourth-order valence-electron chi connectivity index (χ4n) is 9.86. The standard InChI is InChI=1S/C58H85N9O15S/c1-9-33(4)46(64-53(78)47(34(5)68)60-30-39(70)19-15-16-26-59-44(71)21-14-13-20-43-58(8)57(7,31-83-43)66-56(82)67-58)52(77)65-48(35(6)69)54(79)62-40(28-36-22-24-38(25-23-36)49(74)37-17-11-10-12-18-37)50(75)61-41(29-45(72)73)51(76)63-42(55(80)81)27-32(2)3/h10-12,17-18,22-25,32-35,40-43,46-48,60,68-69H,9,13-16,19-21,26-31H2,1-8H3,(H,59,71)(H,61,75)(H,62,79)(H,63,76)(H,64,78)(H,65,77)(H,72,73)(H,80,81)(H2,66,67,82)/t33-,34+,35+,40-,41-,42-,43-,46-,47-,48-,57-,58+/m0/s1. The van der Waals surface area contributed by atoms with Crippen molar-refractivity contribution in [2.75, 3.05) is 18.8 Å². The summed E-state index contributed by atoms with van der Waals surface area (Å²) in [6, 6.07) is 4.70. The maximum absolute atomic E-state index is 14.2. The molecule has 2 heterocycles. The topological polar surface area (TPSA) is 377 Å². The van der Waals surface area contributed by atoms with E-state index in [1.54, 1.807) is 58.0 Å². The number of hydrogen-bond donors (Lipinski definition) is 13. The molecular weight excluding hydrogens is 1090 g/mol. The number of aliphatic carboxylic acids is 2. The van der Waals surface area contributed by atoms with E-state index in [0.29, 0.717) is 49.8 Å². The Morgan fingerprint density at radius 2 is 1.23 bits per heavy atom. The van der Waals surface area contributed by atoms with Crippen LogP contribution >= 0.6 is 11.8 Å². The second kappa shape index (κ2) is 32.2. The number of aliphatic hydroxyl groups excluding tert-OH is 2. The Hall–Kier alpha value is -6.96. The molecule has 2 fully saturated rings. The van der Waals surface area contributed by atoms with Crippen LogP contribution in [0.5, 0.6) is 0 Å². The van der Waals surface area contributed by atoms with Crippen molar-refractivity contribution in [3.63, 3.8) is 0 Å². The predicted molar refractivity (Wildman–Crippen MR) is 309 cm³/mol. The van der Waals surface area contributed by atoms with Crippen molar-refractivity contribution in [3.05, 3.63) is 71.3 Å². The molecule has 0 unspecified atom stereocenters. The molecule has 13 N–H and O–H groups in total. The highest BCUT2D eigenvalue weighted by Gasteiger charge is 2.60. The zero-order valence-electron chi connectivity index (χ0n) is 48.6. The first-order valence-electron chi connectivity index (χ1n) is 28.3. The van der Waals surface area contributed by atoms with Crippen LogP contribution in [0.2, 0.25) is 0 Å². The Labute approximate surface area is 488 Å². The summed E-state index contributed by atoms with van der Waals surface area (Å²) in [6.45, 7) is 13.4. The monoisotopic (exact) mass is 1180 g/mol. The molecule has 12 atom stereocenters. The third-order valence-corrected chi connectivity index (χ3v) is 17.1. The zero-order valence-corrected chi connectivity index (χ0v) is 49.5. The molecule has 25 heteroatoms. The van der Waals surface area contributed by atoms with Crippen molar-refractivity contribution in [1.82, 2.24) is 47.9 Å². The van der Waals surface area contributed by atoms with Crippen LogP contribution in [0.3, 0.4) is 0 Å². The number of carboxylic acids is 2. The van der Waals surface area contributed by atoms with Gasteiger partial charge in [0.2, 0.25) is 35.4 Å². The van der Waals surface area contributed by atoms with Crippen LogP contribution in [0.15, 0.2) is 54.6 Å². The van der Waals surface area contributed by atoms with Crippen LogP contribution in [-0.2, 0) is 49.6 Å². The number of fused-ring (bicyclic) bond motifs is 1. The lowest BCUT2D eigenvalue weighted by atomic mass is 9.79. The summed E-state index contributed by atoms with van der Waals surface area (Å²) in [7, 11) is 0. The minimum atomic E-state index is -1.84. The van der Waals surface area contributed by atoms with Crippen LogP contribution in [0.1, 0.15) is 141 Å². The van der Waals surface area contributed by atoms with E-state index in [0.717, 1.165) is 18.6 Å². The number of hydrogen-bond acceptors (Lipinski definition) is 15. The van der Waals surface area contributed by atoms with Gasteiger partial charge in [-0.05, 0) is 77.2 Å². The molecule has 24 nitrogen and oxygen atoms in total. The Kier molecular flexibility index (Phi) is 26.6. The molecule has 4 rings (SSSR count). The maximum atomic E-state index is 14.2. The van der Waals surface area contributed by atoms with Crippen molar-refractivity contribution >= 4 is 76.7 Å². The molecule has 2 aliphatic heterocycles. The molecule has 83 heavy (non-hydrogen) atoms. The normalized spacial score (nSPS) is 20.5. The van der Waals surface area contributed by atoms with Gasteiger partial charge in [-0.3, -0.25) is 48.5 Å². The zero-order chi connectivity index (χ0) is 61.8. The van der Waals surface area contributed by atoms with E-state index in [-0.39, 0.29) is 77.1 Å². The van der Waals surface area contributed by atoms with E-state index in [1.165, 1.54) is 38.1 Å². The number of unbranched alkanes of at least 4 members (excludes halogenated alkanes) is 2. The van der Waals surface area contributed by atoms with Gasteiger partial charge < -0.3 is 63.0 Å². The molecule has 2 saturated heterocycles. The highest BCUT2D eigenvalue weighted by molar-refractivity contribution is 8.00. The minimum Gasteiger partial charge on any atom is -0.481 e. The number of ketones is 2. The second-order valence-electron chi connectivity index (χ2n) is 22.5. The molecular formula is C58H85N9O15S. The summed E-state index contributed by atoms with van der Waals surface area (Å²) >= 11 is 1.82. The lowest BCUT2D eigenvalue weighted by Gasteiger charge is -2.35. The number of rotatable bonds is 36. The molecule has 0 aliphatic carbocycles. The first kappa shape index (κ1) is 68.5. The molecule has 458 valence electrons. The van der Waals surface area contributed by atoms with E-state index in [2.05, 4.69) is 54.8 Å². The number of benzene rings is 2. The van der Waals surface area contributed by atoms with Crippen LogP contribution in [0, 0.1) is 11.8 Å². The molecule has 0 aromatic heterocycles. The number of aliphatic hydroxyl groups is 2. The van der Waals surface area contributed by atoms with Crippen LogP contribution < -0.4 is 47.9 Å². The van der Waals surface area contributed by atoms with Gasteiger partial charge in [0.15, 0.2) is 5.78 Å². The van der Waals surface area contributed by atoms with Crippen molar-refractivity contribution < 1.29 is 73.2 Å². The lowest BCUT2D eigenvalue weighted by molar-refractivity contribution is -0.144. The molecule has 8 amide bonds. The Morgan fingerprint density at radius 3 is 1.83 bits per heavy atom. The summed E-state index contributed by atoms with van der Waals surface area (Å²) in [5.41, 5.74) is 0.375. The van der Waals surface area contributed by atoms with Crippen LogP contribution in [-0.4, -0.2) is 169 Å². The van der Waals surface area contributed by atoms with Gasteiger partial charge in [0.05, 0.1) is 36.3 Å². The van der Waals surface area contributed by atoms with Gasteiger partial charge in [-0.2, -0.15) is 11.8 Å². The summed E-state index contributed by atoms with van der Waals surface area (Å²) in [4.78, 5) is 144. The second-order valence-corrected chi connectivity index (χ2v) is 23.7. The van der Waals surface area contributed by atoms with E-state index >= 15 is 0 Å². The number of urea groups is 1. The van der Waals surface area contributed by atoms with Gasteiger partial charge >= 0.3 is 18.0 Å². The Bertz CT molecular complexity index is 2610. The van der Waals surface area contributed by atoms with Crippen molar-refractivity contribution in [1.29, 1.82) is 0 Å². The molecule has 0 radical (unpaired) electrons. The van der Waals surface area contributed by atoms with Gasteiger partial charge in [-0.1, -0.05) is 95.1 Å². The number of nitrogens with one attached hydrogen (secondary N) is 9. The summed E-state index contributed by atoms with van der Waals surface area (Å²) in [6.07, 6.45) is -0.307. The highest BCUT2D eigenvalue weighted by atomic mass is 32.2. The third kappa shape index (κ3) is 20.4. The SMILES string of the molecule is CC[C@H](C)[C@H](NC(=O)[C@@H](NCC(=O)CCCCNC(=O)CCCC[C@@H]1SC[C@]2(C)NC(=O)N[C@]12C)[C@@H](C)O)C(=O)N[C@H](C(=O)N[C@@H](Cc1ccc(C(=O)c2ccccc2)cc1)C(=O)N[C@@H](CC(=O)O)C(=O)N[C@@H](CC(C)C)C(=O)O)[C@@H](C)O. The average Bonchev–Trinajstić information content (AvgIpc) is 4.08. The van der Waals surface area contributed by atoms with Crippen molar-refractivity contribution in [3.8, 4) is 0 Å². The van der Waals surface area contributed by atoms with Gasteiger partial charge in [0.25, 0.3) is 0 Å². The van der Waals surface area contributed by atoms with E-state index in [4.69, 9.17) is 0 Å². The first-order chi connectivity index (χ1) is 39.1. The van der Waals surface area contributed by atoms with Gasteiger partial charge in [0.1, 0.15) is 42.0 Å². The Morgan fingerprint density at radius 1 is 0.663 bits per heavy atom. The minimum absolute atomic E-state index is 0.0270. The largest absolute Gasteiger partial charge is 0.481 e. The maximum Gasteiger partial charge on any atom is 0.326 e. The molecule has 0 bridgehead atoms. The summed E-state index contributed by atoms with van der Waals surface area (Å²) in [5, 5.41) is 65.2. The molecule has 2 aliphatic rings. The number of thioether (sulfide) groups is 1. The fourth-order valence-corrected chi connectivity index (χ4v) is 11.7. The van der Waals surface area contributed by atoms with Gasteiger partial charge in [-0.15, -0.1) is 0 Å². The molecule has 0 spiro atoms. The third-order valence-electron chi connectivity index (χ3n) is 15.2. The lowest BCUT2D eigenvalue weighted by Crippen LogP contribution is -2.63. The Balaban J connectivity index is 1.38. The van der Waals surface area contributed by atoms with E-state index in [9.17, 15) is 73.2 Å². The number of carbonyl (C=O) groups is 11. The van der Waals surface area contributed by atoms with Crippen LogP contribution in [0.4, 0.5) is 4.79 Å². The van der Waals surface area contributed by atoms with Crippen LogP contribution in [0.25, 0.3) is 0 Å². The van der Waals surface area contributed by atoms with Crippen molar-refractivity contribution in [2.45, 2.75) is 191 Å². The summed E-state index contributed by atoms with van der Waals surface area (Å²) < 4.78 is 0. The smallest absolute Gasteiger partial charge is 0.326 e. The molecule has 0 saturated carbocycles. The fraction of sp³-hybridized carbons (Fsp3) is 0.603. The van der Waals surface area contributed by atoms with E-state index in [1.807, 2.05) is 18.7 Å². The van der Waals surface area contributed by atoms with E-state index < -0.39 is 102 Å². The van der Waals surface area contributed by atoms with Gasteiger partial charge in [0, 0.05) is 47.9 Å². The average molecular weight is 1180 g/mol. The number of Topliss-reactive ketones (excluding diaryl/α,β-unsaturated/α-hetero) is 1. The summed E-state index contributed by atoms with van der Waals surface area (Å²) in [5.74, 6) is -8.81. The first-order valence-corrected chi connectivity index (χ1v) is 29.4. The predicted octanol–water partition coefficient (Wildman–Crippen LogP) is 1.62. The van der Waals surface area contributed by atoms with Gasteiger partial charge in [-0.25, -0.2) is 9.59 Å². The quantitative estimate of drug-likeness (QED) is 0.0262. The highest BCUT2D eigenvalue weighted by Crippen LogP contribution is 2.47. The molecule has 2 aromatic rings. The number of carboxylic acid groups (broad SMARTS) is 2. The molecule has 2 aromatic carbocycles. The number of amides is 8. The number of carbonyl (C=O) groups excluding carboxylic acids is 9. The van der Waals surface area contributed by atoms with Crippen molar-refractivity contribution in [2.24, 2.45) is 11.8 Å².